The summed E-state index contributed by atoms with van der Waals surface area (Å²) in [4.78, 5) is 11.7. The summed E-state index contributed by atoms with van der Waals surface area (Å²) < 4.78 is 14.8. The summed E-state index contributed by atoms with van der Waals surface area (Å²) in [7, 11) is 1.53. The van der Waals surface area contributed by atoms with E-state index in [-0.39, 0.29) is 17.1 Å². The second kappa shape index (κ2) is 6.55. The third kappa shape index (κ3) is 3.61. The minimum Gasteiger partial charge on any atom is -0.387 e. The quantitative estimate of drug-likeness (QED) is 0.860. The summed E-state index contributed by atoms with van der Waals surface area (Å²) >= 11 is 8.75. The van der Waals surface area contributed by atoms with Gasteiger partial charge in [0, 0.05) is 13.6 Å². The number of aliphatic hydroxyl groups is 1. The molecule has 0 bridgehead atoms. The van der Waals surface area contributed by atoms with Crippen LogP contribution in [-0.2, 0) is 7.05 Å². The van der Waals surface area contributed by atoms with Crippen molar-refractivity contribution in [2.75, 3.05) is 11.9 Å². The Bertz CT molecular complexity index is 723. The number of hydrogen-bond acceptors (Lipinski definition) is 4. The van der Waals surface area contributed by atoms with E-state index >= 15 is 0 Å². The van der Waals surface area contributed by atoms with Crippen molar-refractivity contribution in [1.29, 1.82) is 0 Å². The number of rotatable bonds is 4. The maximum atomic E-state index is 13.3. The van der Waals surface area contributed by atoms with Gasteiger partial charge in [-0.1, -0.05) is 17.7 Å². The molecule has 0 aliphatic heterocycles. The number of aryl methyl sites for hydroxylation is 1. The summed E-state index contributed by atoms with van der Waals surface area (Å²) in [6.07, 6.45) is 0.508. The smallest absolute Gasteiger partial charge is 0.282 e. The Morgan fingerprint density at radius 1 is 1.57 bits per heavy atom. The van der Waals surface area contributed by atoms with E-state index in [1.165, 1.54) is 36.1 Å². The molecular weight excluding hydrogens is 365 g/mol. The first kappa shape index (κ1) is 15.9. The molecule has 2 aromatic rings. The van der Waals surface area contributed by atoms with E-state index < -0.39 is 11.9 Å². The average Bonchev–Trinajstić information content (AvgIpc) is 2.46. The highest BCUT2D eigenvalue weighted by Gasteiger charge is 2.12. The van der Waals surface area contributed by atoms with Crippen molar-refractivity contribution in [2.24, 2.45) is 7.05 Å². The minimum atomic E-state index is -0.951. The van der Waals surface area contributed by atoms with Gasteiger partial charge < -0.3 is 10.4 Å². The first-order valence-electron chi connectivity index (χ1n) is 5.99. The zero-order valence-electron chi connectivity index (χ0n) is 11.0. The van der Waals surface area contributed by atoms with Gasteiger partial charge in [0.05, 0.1) is 23.0 Å². The number of aliphatic hydroxyl groups excluding tert-OH is 1. The van der Waals surface area contributed by atoms with Gasteiger partial charge in [-0.3, -0.25) is 4.79 Å². The highest BCUT2D eigenvalue weighted by atomic mass is 79.9. The van der Waals surface area contributed by atoms with E-state index in [4.69, 9.17) is 11.6 Å². The molecule has 0 aliphatic carbocycles. The van der Waals surface area contributed by atoms with Crippen LogP contribution in [-0.4, -0.2) is 21.4 Å². The molecule has 112 valence electrons. The zero-order chi connectivity index (χ0) is 15.6. The van der Waals surface area contributed by atoms with Crippen molar-refractivity contribution in [3.8, 4) is 0 Å². The van der Waals surface area contributed by atoms with Crippen molar-refractivity contribution >= 4 is 33.2 Å². The van der Waals surface area contributed by atoms with Gasteiger partial charge in [-0.15, -0.1) is 0 Å². The van der Waals surface area contributed by atoms with Crippen molar-refractivity contribution in [2.45, 2.75) is 6.10 Å². The van der Waals surface area contributed by atoms with E-state index in [9.17, 15) is 14.3 Å². The van der Waals surface area contributed by atoms with Gasteiger partial charge in [0.25, 0.3) is 5.56 Å². The first-order valence-corrected chi connectivity index (χ1v) is 7.16. The van der Waals surface area contributed by atoms with Crippen LogP contribution >= 0.6 is 27.5 Å². The summed E-state index contributed by atoms with van der Waals surface area (Å²) in [5, 5.41) is 16.8. The van der Waals surface area contributed by atoms with Crippen LogP contribution in [0.1, 0.15) is 11.7 Å². The minimum absolute atomic E-state index is 0.00240. The molecule has 0 aliphatic rings. The fraction of sp³-hybridized carbons (Fsp3) is 0.231. The van der Waals surface area contributed by atoms with Gasteiger partial charge in [0.1, 0.15) is 10.3 Å². The van der Waals surface area contributed by atoms with Gasteiger partial charge in [-0.2, -0.15) is 5.10 Å². The molecule has 0 saturated carbocycles. The standard InChI is InChI=1S/C13H12BrClFN3O2/c1-19-13(21)12(14)10(5-18-19)17-6-11(20)7-2-3-8(15)9(16)4-7/h2-5,11,17,20H,6H2,1H3. The molecule has 5 nitrogen and oxygen atoms in total. The molecular formula is C13H12BrClFN3O2. The molecule has 0 spiro atoms. The Morgan fingerprint density at radius 3 is 2.95 bits per heavy atom. The second-order valence-corrected chi connectivity index (χ2v) is 5.57. The Morgan fingerprint density at radius 2 is 2.29 bits per heavy atom. The molecule has 1 atom stereocenters. The zero-order valence-corrected chi connectivity index (χ0v) is 13.3. The topological polar surface area (TPSA) is 67.2 Å². The van der Waals surface area contributed by atoms with E-state index in [1.807, 2.05) is 0 Å². The van der Waals surface area contributed by atoms with Gasteiger partial charge in [0.2, 0.25) is 0 Å². The molecule has 1 unspecified atom stereocenters. The van der Waals surface area contributed by atoms with Crippen LogP contribution in [0.5, 0.6) is 0 Å². The Balaban J connectivity index is 2.11. The average molecular weight is 377 g/mol. The van der Waals surface area contributed by atoms with Crippen LogP contribution in [0.4, 0.5) is 10.1 Å². The van der Waals surface area contributed by atoms with Crippen molar-refractivity contribution in [1.82, 2.24) is 9.78 Å². The molecule has 0 amide bonds. The van der Waals surface area contributed by atoms with Crippen molar-refractivity contribution in [3.05, 3.63) is 55.6 Å². The number of hydrogen-bond donors (Lipinski definition) is 2. The Hall–Kier alpha value is -1.44. The fourth-order valence-corrected chi connectivity index (χ4v) is 2.29. The molecule has 1 aromatic heterocycles. The first-order chi connectivity index (χ1) is 9.90. The van der Waals surface area contributed by atoms with Crippen LogP contribution in [0, 0.1) is 5.82 Å². The number of aromatic nitrogens is 2. The molecule has 0 fully saturated rings. The lowest BCUT2D eigenvalue weighted by Gasteiger charge is -2.14. The largest absolute Gasteiger partial charge is 0.387 e. The SMILES string of the molecule is Cn1ncc(NCC(O)c2ccc(Cl)c(F)c2)c(Br)c1=O. The van der Waals surface area contributed by atoms with Crippen LogP contribution < -0.4 is 10.9 Å². The molecule has 0 saturated heterocycles. The number of halogens is 3. The Kier molecular flexibility index (Phi) is 4.97. The van der Waals surface area contributed by atoms with Gasteiger partial charge in [-0.05, 0) is 33.6 Å². The predicted octanol–water partition coefficient (Wildman–Crippen LogP) is 2.48. The van der Waals surface area contributed by atoms with Gasteiger partial charge >= 0.3 is 0 Å². The highest BCUT2D eigenvalue weighted by Crippen LogP contribution is 2.22. The maximum absolute atomic E-state index is 13.3. The normalized spacial score (nSPS) is 12.2. The number of nitrogens with zero attached hydrogens (tertiary/aromatic N) is 2. The van der Waals surface area contributed by atoms with Crippen LogP contribution in [0.2, 0.25) is 5.02 Å². The Labute approximate surface area is 133 Å². The summed E-state index contributed by atoms with van der Waals surface area (Å²) in [5.41, 5.74) is 0.538. The monoisotopic (exact) mass is 375 g/mol. The van der Waals surface area contributed by atoms with E-state index in [2.05, 4.69) is 26.3 Å². The molecule has 2 rings (SSSR count). The predicted molar refractivity (Wildman–Crippen MR) is 82.0 cm³/mol. The van der Waals surface area contributed by atoms with E-state index in [1.54, 1.807) is 0 Å². The van der Waals surface area contributed by atoms with Gasteiger partial charge in [0.15, 0.2) is 0 Å². The van der Waals surface area contributed by atoms with Gasteiger partial charge in [-0.25, -0.2) is 9.07 Å². The lowest BCUT2D eigenvalue weighted by atomic mass is 10.1. The highest BCUT2D eigenvalue weighted by molar-refractivity contribution is 9.10. The molecule has 21 heavy (non-hydrogen) atoms. The third-order valence-corrected chi connectivity index (χ3v) is 3.97. The number of anilines is 1. The lowest BCUT2D eigenvalue weighted by molar-refractivity contribution is 0.191. The second-order valence-electron chi connectivity index (χ2n) is 4.37. The molecule has 0 radical (unpaired) electrons. The number of benzene rings is 1. The molecule has 1 heterocycles. The fourth-order valence-electron chi connectivity index (χ4n) is 1.68. The molecule has 8 heteroatoms. The van der Waals surface area contributed by atoms with Crippen LogP contribution in [0.15, 0.2) is 33.7 Å². The van der Waals surface area contributed by atoms with Crippen molar-refractivity contribution < 1.29 is 9.50 Å². The molecule has 2 N–H and O–H groups in total. The van der Waals surface area contributed by atoms with Crippen LogP contribution in [0.3, 0.4) is 0 Å². The number of nitrogens with one attached hydrogen (secondary N) is 1. The third-order valence-electron chi connectivity index (χ3n) is 2.89. The summed E-state index contributed by atoms with van der Waals surface area (Å²) in [6.45, 7) is 0.0918. The van der Waals surface area contributed by atoms with Crippen LogP contribution in [0.25, 0.3) is 0 Å². The van der Waals surface area contributed by atoms with Crippen molar-refractivity contribution in [3.63, 3.8) is 0 Å². The molecule has 1 aromatic carbocycles. The maximum Gasteiger partial charge on any atom is 0.282 e. The van der Waals surface area contributed by atoms with E-state index in [0.717, 1.165) is 0 Å². The van der Waals surface area contributed by atoms with E-state index in [0.29, 0.717) is 15.7 Å². The summed E-state index contributed by atoms with van der Waals surface area (Å²) in [6, 6.07) is 4.09. The lowest BCUT2D eigenvalue weighted by Crippen LogP contribution is -2.22. The summed E-state index contributed by atoms with van der Waals surface area (Å²) in [5.74, 6) is -0.593.